The first kappa shape index (κ1) is 14.2. The smallest absolute Gasteiger partial charge is 0.325 e. The molecule has 0 aliphatic rings. The number of hydrogen-bond acceptors (Lipinski definition) is 4. The summed E-state index contributed by atoms with van der Waals surface area (Å²) in [5.74, 6) is 1.21. The summed E-state index contributed by atoms with van der Waals surface area (Å²) in [6.45, 7) is 0. The van der Waals surface area contributed by atoms with E-state index in [1.165, 1.54) is 20.3 Å². The highest BCUT2D eigenvalue weighted by atomic mass is 32.3. The normalized spacial score (nSPS) is 12.2. The van der Waals surface area contributed by atoms with Gasteiger partial charge >= 0.3 is 10.2 Å². The van der Waals surface area contributed by atoms with Crippen LogP contribution in [0.25, 0.3) is 6.08 Å². The van der Waals surface area contributed by atoms with Crippen molar-refractivity contribution in [1.82, 2.24) is 0 Å². The van der Waals surface area contributed by atoms with Gasteiger partial charge in [-0.25, -0.2) is 0 Å². The van der Waals surface area contributed by atoms with Gasteiger partial charge < -0.3 is 9.47 Å². The SMILES string of the molecule is COc1cc(/C=C/C=C/S(=O)(=O)F)cc(OC)c1. The molecule has 98 valence electrons. The third kappa shape index (κ3) is 5.01. The number of ether oxygens (including phenoxy) is 2. The second-order valence-corrected chi connectivity index (χ2v) is 4.53. The minimum absolute atomic E-state index is 0.473. The first-order chi connectivity index (χ1) is 8.44. The van der Waals surface area contributed by atoms with Gasteiger partial charge in [0.05, 0.1) is 19.6 Å². The standard InChI is InChI=1S/C12H13FO4S/c1-16-11-7-10(8-12(9-11)17-2)5-3-4-6-18(13,14)15/h3-9H,1-2H3/b5-3+,6-4+. The number of rotatable bonds is 5. The van der Waals surface area contributed by atoms with Crippen LogP contribution in [0.3, 0.4) is 0 Å². The summed E-state index contributed by atoms with van der Waals surface area (Å²) in [6.07, 6.45) is 4.11. The zero-order valence-corrected chi connectivity index (χ0v) is 10.8. The lowest BCUT2D eigenvalue weighted by atomic mass is 10.2. The molecule has 1 rings (SSSR count). The molecule has 1 aromatic rings. The maximum absolute atomic E-state index is 12.2. The first-order valence-electron chi connectivity index (χ1n) is 4.97. The molecular weight excluding hydrogens is 259 g/mol. The van der Waals surface area contributed by atoms with Gasteiger partial charge in [0.25, 0.3) is 0 Å². The Kier molecular flexibility index (Phi) is 4.91. The molecule has 18 heavy (non-hydrogen) atoms. The van der Waals surface area contributed by atoms with Crippen LogP contribution in [0.5, 0.6) is 11.5 Å². The van der Waals surface area contributed by atoms with Crippen molar-refractivity contribution in [3.05, 3.63) is 41.3 Å². The zero-order valence-electron chi connectivity index (χ0n) is 9.96. The van der Waals surface area contributed by atoms with Crippen molar-refractivity contribution in [3.8, 4) is 11.5 Å². The van der Waals surface area contributed by atoms with Crippen LogP contribution in [0.4, 0.5) is 3.89 Å². The second-order valence-electron chi connectivity index (χ2n) is 3.31. The van der Waals surface area contributed by atoms with Crippen LogP contribution in [0, 0.1) is 0 Å². The quantitative estimate of drug-likeness (QED) is 0.610. The Morgan fingerprint density at radius 2 is 1.61 bits per heavy atom. The van der Waals surface area contributed by atoms with Gasteiger partial charge in [-0.3, -0.25) is 0 Å². The molecule has 0 atom stereocenters. The number of methoxy groups -OCH3 is 2. The molecule has 0 N–H and O–H groups in total. The zero-order chi connectivity index (χ0) is 13.6. The average Bonchev–Trinajstić information content (AvgIpc) is 2.33. The molecule has 0 spiro atoms. The Morgan fingerprint density at radius 3 is 2.06 bits per heavy atom. The summed E-state index contributed by atoms with van der Waals surface area (Å²) in [4.78, 5) is 0. The van der Waals surface area contributed by atoms with Gasteiger partial charge in [0.1, 0.15) is 11.5 Å². The van der Waals surface area contributed by atoms with E-state index in [4.69, 9.17) is 9.47 Å². The third-order valence-electron chi connectivity index (χ3n) is 2.01. The lowest BCUT2D eigenvalue weighted by molar-refractivity contribution is 0.394. The molecule has 1 aromatic carbocycles. The summed E-state index contributed by atoms with van der Waals surface area (Å²) in [6, 6.07) is 5.17. The van der Waals surface area contributed by atoms with Crippen molar-refractivity contribution in [1.29, 1.82) is 0 Å². The molecule has 0 radical (unpaired) electrons. The van der Waals surface area contributed by atoms with Gasteiger partial charge in [0.15, 0.2) is 0 Å². The molecule has 4 nitrogen and oxygen atoms in total. The van der Waals surface area contributed by atoms with Gasteiger partial charge in [-0.15, -0.1) is 3.89 Å². The highest BCUT2D eigenvalue weighted by Gasteiger charge is 1.99. The minimum Gasteiger partial charge on any atom is -0.497 e. The topological polar surface area (TPSA) is 52.6 Å². The molecule has 0 aromatic heterocycles. The van der Waals surface area contributed by atoms with Crippen molar-refractivity contribution in [2.45, 2.75) is 0 Å². The van der Waals surface area contributed by atoms with E-state index in [9.17, 15) is 12.3 Å². The van der Waals surface area contributed by atoms with Crippen molar-refractivity contribution in [3.63, 3.8) is 0 Å². The van der Waals surface area contributed by atoms with Crippen LogP contribution in [0.2, 0.25) is 0 Å². The van der Waals surface area contributed by atoms with E-state index in [-0.39, 0.29) is 0 Å². The Bertz CT molecular complexity index is 539. The third-order valence-corrected chi connectivity index (χ3v) is 2.50. The van der Waals surface area contributed by atoms with Crippen LogP contribution in [-0.4, -0.2) is 22.6 Å². The highest BCUT2D eigenvalue weighted by molar-refractivity contribution is 7.89. The molecule has 0 heterocycles. The predicted octanol–water partition coefficient (Wildman–Crippen LogP) is 2.53. The molecule has 0 fully saturated rings. The lowest BCUT2D eigenvalue weighted by Crippen LogP contribution is -1.88. The maximum Gasteiger partial charge on any atom is 0.325 e. The van der Waals surface area contributed by atoms with E-state index in [1.54, 1.807) is 24.3 Å². The van der Waals surface area contributed by atoms with Gasteiger partial charge in [-0.2, -0.15) is 8.42 Å². The fourth-order valence-electron chi connectivity index (χ4n) is 1.23. The van der Waals surface area contributed by atoms with E-state index in [0.29, 0.717) is 16.9 Å². The number of halogens is 1. The van der Waals surface area contributed by atoms with Crippen LogP contribution in [-0.2, 0) is 10.2 Å². The molecule has 0 aliphatic heterocycles. The average molecular weight is 272 g/mol. The van der Waals surface area contributed by atoms with Crippen LogP contribution < -0.4 is 9.47 Å². The summed E-state index contributed by atoms with van der Waals surface area (Å²) in [5, 5.41) is 0.473. The predicted molar refractivity (Wildman–Crippen MR) is 67.7 cm³/mol. The van der Waals surface area contributed by atoms with Crippen molar-refractivity contribution in [2.75, 3.05) is 14.2 Å². The molecule has 0 aliphatic carbocycles. The van der Waals surface area contributed by atoms with E-state index >= 15 is 0 Å². The van der Waals surface area contributed by atoms with E-state index in [1.807, 2.05) is 0 Å². The molecule has 6 heteroatoms. The van der Waals surface area contributed by atoms with Gasteiger partial charge in [0, 0.05) is 6.07 Å². The fourth-order valence-corrected chi connectivity index (χ4v) is 1.51. The monoisotopic (exact) mass is 272 g/mol. The molecule has 0 saturated heterocycles. The van der Waals surface area contributed by atoms with Crippen LogP contribution >= 0.6 is 0 Å². The molecule has 0 saturated carbocycles. The Hall–Kier alpha value is -1.82. The first-order valence-corrected chi connectivity index (χ1v) is 6.42. The fraction of sp³-hybridized carbons (Fsp3) is 0.167. The van der Waals surface area contributed by atoms with Crippen molar-refractivity contribution in [2.24, 2.45) is 0 Å². The summed E-state index contributed by atoms with van der Waals surface area (Å²) in [5.41, 5.74) is 0.743. The Balaban J connectivity index is 2.90. The molecule has 0 unspecified atom stereocenters. The largest absolute Gasteiger partial charge is 0.497 e. The van der Waals surface area contributed by atoms with E-state index in [0.717, 1.165) is 11.6 Å². The molecule has 0 amide bonds. The highest BCUT2D eigenvalue weighted by Crippen LogP contribution is 2.23. The van der Waals surface area contributed by atoms with Crippen LogP contribution in [0.15, 0.2) is 35.8 Å². The maximum atomic E-state index is 12.2. The van der Waals surface area contributed by atoms with Gasteiger partial charge in [-0.05, 0) is 23.8 Å². The van der Waals surface area contributed by atoms with Gasteiger partial charge in [0.2, 0.25) is 0 Å². The van der Waals surface area contributed by atoms with E-state index < -0.39 is 10.2 Å². The van der Waals surface area contributed by atoms with Crippen molar-refractivity contribution < 1.29 is 21.8 Å². The molecule has 0 bridgehead atoms. The van der Waals surface area contributed by atoms with Crippen LogP contribution in [0.1, 0.15) is 5.56 Å². The van der Waals surface area contributed by atoms with Gasteiger partial charge in [-0.1, -0.05) is 12.2 Å². The van der Waals surface area contributed by atoms with Crippen molar-refractivity contribution >= 4 is 16.3 Å². The summed E-state index contributed by atoms with van der Waals surface area (Å²) < 4.78 is 42.7. The Morgan fingerprint density at radius 1 is 1.06 bits per heavy atom. The molecular formula is C12H13FO4S. The summed E-state index contributed by atoms with van der Waals surface area (Å²) >= 11 is 0. The number of allylic oxidation sites excluding steroid dienone is 2. The number of hydrogen-bond donors (Lipinski definition) is 0. The lowest BCUT2D eigenvalue weighted by Gasteiger charge is -2.05. The minimum atomic E-state index is -4.59. The Labute approximate surface area is 106 Å². The second kappa shape index (κ2) is 6.20. The van der Waals surface area contributed by atoms with E-state index in [2.05, 4.69) is 0 Å². The number of benzene rings is 1. The summed E-state index contributed by atoms with van der Waals surface area (Å²) in [7, 11) is -1.53.